The van der Waals surface area contributed by atoms with Crippen LogP contribution < -0.4 is 10.2 Å². The third-order valence-electron chi connectivity index (χ3n) is 6.28. The fourth-order valence-electron chi connectivity index (χ4n) is 4.67. The molecule has 4 rings (SSSR count). The predicted octanol–water partition coefficient (Wildman–Crippen LogP) is 4.83. The van der Waals surface area contributed by atoms with Crippen LogP contribution in [0.5, 0.6) is 5.75 Å². The number of unbranched alkanes of at least 4 members (excludes halogenated alkanes) is 1. The van der Waals surface area contributed by atoms with Crippen molar-refractivity contribution in [3.63, 3.8) is 0 Å². The summed E-state index contributed by atoms with van der Waals surface area (Å²) >= 11 is 0. The Kier molecular flexibility index (Phi) is 5.69. The fourth-order valence-corrected chi connectivity index (χ4v) is 4.67. The standard InChI is InChI=1S/C25H31NO5/c1-6-8-9-30-21-11-17-16(10-15(21)3)19-12-20(27)18(24(28)29-7-2)13-26(19)23-22(17)31-14-25(23,4)5/h10-13,22-23H,6-9,14H2,1-5H3/t22-,23+/m1/s1. The molecule has 0 unspecified atom stereocenters. The molecule has 2 aliphatic heterocycles. The number of hydrogen-bond acceptors (Lipinski definition) is 5. The second-order valence-electron chi connectivity index (χ2n) is 9.14. The second-order valence-corrected chi connectivity index (χ2v) is 9.14. The number of esters is 1. The first-order valence-corrected chi connectivity index (χ1v) is 11.1. The van der Waals surface area contributed by atoms with Gasteiger partial charge < -0.3 is 18.8 Å². The Bertz CT molecular complexity index is 1070. The van der Waals surface area contributed by atoms with Gasteiger partial charge in [-0.05, 0) is 43.5 Å². The van der Waals surface area contributed by atoms with E-state index < -0.39 is 5.97 Å². The van der Waals surface area contributed by atoms with Crippen molar-refractivity contribution >= 4 is 5.97 Å². The van der Waals surface area contributed by atoms with Gasteiger partial charge in [-0.15, -0.1) is 0 Å². The normalized spacial score (nSPS) is 20.5. The Morgan fingerprint density at radius 2 is 2.03 bits per heavy atom. The summed E-state index contributed by atoms with van der Waals surface area (Å²) < 4.78 is 19.5. The van der Waals surface area contributed by atoms with Gasteiger partial charge in [0.15, 0.2) is 5.43 Å². The van der Waals surface area contributed by atoms with E-state index >= 15 is 0 Å². The Hall–Kier alpha value is -2.60. The van der Waals surface area contributed by atoms with Crippen molar-refractivity contribution in [2.75, 3.05) is 19.8 Å². The molecule has 0 N–H and O–H groups in total. The van der Waals surface area contributed by atoms with Crippen LogP contribution >= 0.6 is 0 Å². The predicted molar refractivity (Wildman–Crippen MR) is 119 cm³/mol. The fraction of sp³-hybridized carbons (Fsp3) is 0.520. The van der Waals surface area contributed by atoms with Gasteiger partial charge in [0.1, 0.15) is 17.4 Å². The molecule has 1 fully saturated rings. The van der Waals surface area contributed by atoms with Crippen LogP contribution in [0.25, 0.3) is 11.3 Å². The summed E-state index contributed by atoms with van der Waals surface area (Å²) in [5.41, 5.74) is 3.36. The van der Waals surface area contributed by atoms with Gasteiger partial charge in [-0.2, -0.15) is 0 Å². The van der Waals surface area contributed by atoms with Crippen LogP contribution in [0, 0.1) is 12.3 Å². The largest absolute Gasteiger partial charge is 0.493 e. The minimum Gasteiger partial charge on any atom is -0.493 e. The third kappa shape index (κ3) is 3.67. The Morgan fingerprint density at radius 3 is 2.74 bits per heavy atom. The quantitative estimate of drug-likeness (QED) is 0.490. The molecule has 0 aliphatic carbocycles. The Labute approximate surface area is 183 Å². The molecule has 2 aliphatic rings. The lowest BCUT2D eigenvalue weighted by molar-refractivity contribution is 0.0522. The Balaban J connectivity index is 1.89. The minimum atomic E-state index is -0.585. The third-order valence-corrected chi connectivity index (χ3v) is 6.28. The van der Waals surface area contributed by atoms with E-state index in [0.29, 0.717) is 13.2 Å². The highest BCUT2D eigenvalue weighted by Gasteiger charge is 2.49. The maximum atomic E-state index is 12.8. The molecule has 0 spiro atoms. The van der Waals surface area contributed by atoms with E-state index in [-0.39, 0.29) is 35.2 Å². The molecular weight excluding hydrogens is 394 g/mol. The van der Waals surface area contributed by atoms with E-state index in [0.717, 1.165) is 41.0 Å². The highest BCUT2D eigenvalue weighted by Crippen LogP contribution is 2.55. The second kappa shape index (κ2) is 8.15. The van der Waals surface area contributed by atoms with Gasteiger partial charge in [-0.1, -0.05) is 27.2 Å². The summed E-state index contributed by atoms with van der Waals surface area (Å²) in [4.78, 5) is 25.2. The average Bonchev–Trinajstić information content (AvgIpc) is 3.04. The van der Waals surface area contributed by atoms with Gasteiger partial charge in [-0.3, -0.25) is 4.79 Å². The molecule has 2 aromatic rings. The first-order valence-electron chi connectivity index (χ1n) is 11.1. The van der Waals surface area contributed by atoms with E-state index in [4.69, 9.17) is 14.2 Å². The van der Waals surface area contributed by atoms with Crippen molar-refractivity contribution in [1.29, 1.82) is 0 Å². The SMILES string of the molecule is CCCCOc1cc2c(cc1C)-c1cc(=O)c(C(=O)OCC)cn1[C@H]1[C@@H]2OCC1(C)C. The number of nitrogens with zero attached hydrogens (tertiary/aromatic N) is 1. The topological polar surface area (TPSA) is 66.8 Å². The summed E-state index contributed by atoms with van der Waals surface area (Å²) in [6, 6.07) is 5.66. The molecular formula is C25H31NO5. The van der Waals surface area contributed by atoms with Crippen LogP contribution in [0.1, 0.15) is 74.2 Å². The number of rotatable bonds is 6. The van der Waals surface area contributed by atoms with Gasteiger partial charge in [0, 0.05) is 23.2 Å². The summed E-state index contributed by atoms with van der Waals surface area (Å²) in [6.45, 7) is 11.7. The molecule has 1 saturated heterocycles. The molecule has 166 valence electrons. The summed E-state index contributed by atoms with van der Waals surface area (Å²) in [5, 5.41) is 0. The number of carbonyl (C=O) groups is 1. The molecule has 6 nitrogen and oxygen atoms in total. The zero-order valence-corrected chi connectivity index (χ0v) is 19.0. The van der Waals surface area contributed by atoms with Crippen LogP contribution in [-0.4, -0.2) is 30.4 Å². The number of benzene rings is 1. The first kappa shape index (κ1) is 21.6. The Morgan fingerprint density at radius 1 is 1.26 bits per heavy atom. The van der Waals surface area contributed by atoms with Crippen molar-refractivity contribution in [2.45, 2.75) is 59.6 Å². The monoisotopic (exact) mass is 425 g/mol. The number of carbonyl (C=O) groups excluding carboxylic acids is 1. The van der Waals surface area contributed by atoms with Crippen molar-refractivity contribution in [3.05, 3.63) is 51.3 Å². The molecule has 31 heavy (non-hydrogen) atoms. The van der Waals surface area contributed by atoms with Crippen LogP contribution in [0.3, 0.4) is 0 Å². The van der Waals surface area contributed by atoms with Crippen LogP contribution in [0.2, 0.25) is 0 Å². The van der Waals surface area contributed by atoms with Gasteiger partial charge in [0.25, 0.3) is 0 Å². The van der Waals surface area contributed by atoms with E-state index in [1.807, 2.05) is 11.5 Å². The molecule has 2 atom stereocenters. The number of aromatic nitrogens is 1. The van der Waals surface area contributed by atoms with Gasteiger partial charge in [0.05, 0.1) is 31.6 Å². The average molecular weight is 426 g/mol. The molecule has 0 amide bonds. The van der Waals surface area contributed by atoms with Crippen molar-refractivity contribution in [3.8, 4) is 17.0 Å². The lowest BCUT2D eigenvalue weighted by Gasteiger charge is -2.38. The van der Waals surface area contributed by atoms with Crippen LogP contribution in [0.15, 0.2) is 29.2 Å². The zero-order valence-electron chi connectivity index (χ0n) is 19.0. The van der Waals surface area contributed by atoms with Gasteiger partial charge >= 0.3 is 5.97 Å². The maximum Gasteiger partial charge on any atom is 0.343 e. The zero-order chi connectivity index (χ0) is 22.3. The number of fused-ring (bicyclic) bond motifs is 6. The molecule has 0 radical (unpaired) electrons. The van der Waals surface area contributed by atoms with E-state index in [1.165, 1.54) is 0 Å². The molecule has 6 heteroatoms. The number of ether oxygens (including phenoxy) is 3. The lowest BCUT2D eigenvalue weighted by atomic mass is 9.78. The van der Waals surface area contributed by atoms with Crippen molar-refractivity contribution < 1.29 is 19.0 Å². The molecule has 0 bridgehead atoms. The molecule has 3 heterocycles. The van der Waals surface area contributed by atoms with E-state index in [1.54, 1.807) is 19.2 Å². The molecule has 0 saturated carbocycles. The van der Waals surface area contributed by atoms with Crippen LogP contribution in [-0.2, 0) is 9.47 Å². The minimum absolute atomic E-state index is 0.0463. The highest BCUT2D eigenvalue weighted by atomic mass is 16.5. The van der Waals surface area contributed by atoms with Gasteiger partial charge in [0.2, 0.25) is 0 Å². The summed E-state index contributed by atoms with van der Waals surface area (Å²) in [7, 11) is 0. The number of aryl methyl sites for hydroxylation is 1. The number of hydrogen-bond donors (Lipinski definition) is 0. The molecule has 1 aromatic carbocycles. The lowest BCUT2D eigenvalue weighted by Crippen LogP contribution is -2.33. The summed E-state index contributed by atoms with van der Waals surface area (Å²) in [6.07, 6.45) is 3.56. The summed E-state index contributed by atoms with van der Waals surface area (Å²) in [5.74, 6) is 0.274. The van der Waals surface area contributed by atoms with Crippen LogP contribution in [0.4, 0.5) is 0 Å². The molecule has 1 aromatic heterocycles. The van der Waals surface area contributed by atoms with Crippen molar-refractivity contribution in [1.82, 2.24) is 4.57 Å². The van der Waals surface area contributed by atoms with E-state index in [9.17, 15) is 9.59 Å². The maximum absolute atomic E-state index is 12.8. The van der Waals surface area contributed by atoms with E-state index in [2.05, 4.69) is 32.9 Å². The first-order chi connectivity index (χ1) is 14.8. The highest BCUT2D eigenvalue weighted by molar-refractivity contribution is 5.89. The smallest absolute Gasteiger partial charge is 0.343 e. The van der Waals surface area contributed by atoms with Gasteiger partial charge in [-0.25, -0.2) is 4.79 Å². The van der Waals surface area contributed by atoms with Crippen molar-refractivity contribution in [2.24, 2.45) is 5.41 Å². The number of pyridine rings is 1.